The highest BCUT2D eigenvalue weighted by atomic mass is 16.3. The van der Waals surface area contributed by atoms with E-state index in [2.05, 4.69) is 13.8 Å². The minimum Gasteiger partial charge on any atom is -0.390 e. The molecule has 132 valence electrons. The topological polar surface area (TPSA) is 54.4 Å². The smallest absolute Gasteiger partial charge is 0.120 e. The molecule has 1 atom stereocenters. The van der Waals surface area contributed by atoms with Crippen LogP contribution < -0.4 is 0 Å². The fraction of sp³-hybridized carbons (Fsp3) is 0.895. The second-order valence-electron chi connectivity index (χ2n) is 6.94. The highest BCUT2D eigenvalue weighted by Gasteiger charge is 2.12. The first-order chi connectivity index (χ1) is 10.4. The zero-order chi connectivity index (χ0) is 17.3. The van der Waals surface area contributed by atoms with Crippen LogP contribution in [-0.4, -0.2) is 23.3 Å². The lowest BCUT2D eigenvalue weighted by atomic mass is 9.96. The van der Waals surface area contributed by atoms with Crippen LogP contribution >= 0.6 is 0 Å². The molecular weight excluding hydrogens is 276 g/mol. The third-order valence-corrected chi connectivity index (χ3v) is 3.66. The molecule has 0 aliphatic heterocycles. The van der Waals surface area contributed by atoms with Crippen LogP contribution in [0.25, 0.3) is 0 Å². The van der Waals surface area contributed by atoms with E-state index in [0.717, 1.165) is 44.7 Å². The molecule has 0 saturated heterocycles. The van der Waals surface area contributed by atoms with Gasteiger partial charge in [-0.2, -0.15) is 0 Å². The SMILES string of the molecule is CCCCCCCCC=O.C[C@@H](CC=O)CCCC(C)(C)O. The molecule has 1 N–H and O–H groups in total. The Kier molecular flexibility index (Phi) is 17.9. The van der Waals surface area contributed by atoms with Crippen LogP contribution in [0.4, 0.5) is 0 Å². The molecule has 0 saturated carbocycles. The third kappa shape index (κ3) is 24.3. The zero-order valence-corrected chi connectivity index (χ0v) is 15.3. The van der Waals surface area contributed by atoms with Crippen molar-refractivity contribution in [2.75, 3.05) is 0 Å². The Labute approximate surface area is 137 Å². The van der Waals surface area contributed by atoms with Gasteiger partial charge < -0.3 is 14.7 Å². The summed E-state index contributed by atoms with van der Waals surface area (Å²) in [5.41, 5.74) is -0.555. The fourth-order valence-corrected chi connectivity index (χ4v) is 2.17. The van der Waals surface area contributed by atoms with Crippen molar-refractivity contribution >= 4 is 12.6 Å². The van der Waals surface area contributed by atoms with E-state index in [0.29, 0.717) is 12.3 Å². The number of hydrogen-bond donors (Lipinski definition) is 1. The summed E-state index contributed by atoms with van der Waals surface area (Å²) in [4.78, 5) is 20.0. The monoisotopic (exact) mass is 314 g/mol. The molecule has 0 aliphatic rings. The number of hydrogen-bond acceptors (Lipinski definition) is 3. The molecular formula is C19H38O3. The van der Waals surface area contributed by atoms with Crippen LogP contribution in [0.15, 0.2) is 0 Å². The molecule has 0 heterocycles. The van der Waals surface area contributed by atoms with Crippen LogP contribution in [0.5, 0.6) is 0 Å². The molecule has 0 fully saturated rings. The number of unbranched alkanes of at least 4 members (excludes halogenated alkanes) is 6. The molecule has 0 amide bonds. The van der Waals surface area contributed by atoms with Crippen LogP contribution in [-0.2, 0) is 9.59 Å². The highest BCUT2D eigenvalue weighted by molar-refractivity contribution is 5.49. The van der Waals surface area contributed by atoms with Crippen molar-refractivity contribution in [3.8, 4) is 0 Å². The molecule has 0 aromatic heterocycles. The van der Waals surface area contributed by atoms with Gasteiger partial charge in [-0.1, -0.05) is 58.8 Å². The van der Waals surface area contributed by atoms with Gasteiger partial charge in [-0.05, 0) is 32.6 Å². The van der Waals surface area contributed by atoms with Gasteiger partial charge in [0.2, 0.25) is 0 Å². The summed E-state index contributed by atoms with van der Waals surface area (Å²) in [5, 5.41) is 9.39. The Morgan fingerprint density at radius 3 is 2.05 bits per heavy atom. The van der Waals surface area contributed by atoms with Crippen LogP contribution in [0, 0.1) is 5.92 Å². The van der Waals surface area contributed by atoms with Crippen LogP contribution in [0.3, 0.4) is 0 Å². The van der Waals surface area contributed by atoms with E-state index in [9.17, 15) is 14.7 Å². The van der Waals surface area contributed by atoms with Crippen LogP contribution in [0.2, 0.25) is 0 Å². The van der Waals surface area contributed by atoms with Crippen molar-refractivity contribution in [3.05, 3.63) is 0 Å². The lowest BCUT2D eigenvalue weighted by Gasteiger charge is -2.17. The van der Waals surface area contributed by atoms with Gasteiger partial charge in [-0.3, -0.25) is 0 Å². The summed E-state index contributed by atoms with van der Waals surface area (Å²) in [6.07, 6.45) is 13.8. The Hall–Kier alpha value is -0.700. The van der Waals surface area contributed by atoms with Crippen molar-refractivity contribution in [2.45, 2.75) is 104 Å². The number of carbonyl (C=O) groups is 2. The van der Waals surface area contributed by atoms with Gasteiger partial charge in [0, 0.05) is 12.8 Å². The number of aldehydes is 2. The van der Waals surface area contributed by atoms with Crippen molar-refractivity contribution in [1.29, 1.82) is 0 Å². The third-order valence-electron chi connectivity index (χ3n) is 3.66. The largest absolute Gasteiger partial charge is 0.390 e. The maximum absolute atomic E-state index is 10.1. The first-order valence-electron chi connectivity index (χ1n) is 8.97. The molecule has 0 aromatic rings. The molecule has 0 spiro atoms. The summed E-state index contributed by atoms with van der Waals surface area (Å²) in [5.74, 6) is 0.463. The van der Waals surface area contributed by atoms with Gasteiger partial charge in [-0.25, -0.2) is 0 Å². The van der Waals surface area contributed by atoms with E-state index in [1.165, 1.54) is 32.1 Å². The molecule has 0 bridgehead atoms. The number of rotatable bonds is 13. The van der Waals surface area contributed by atoms with E-state index in [1.54, 1.807) is 0 Å². The lowest BCUT2D eigenvalue weighted by molar-refractivity contribution is -0.109. The van der Waals surface area contributed by atoms with Gasteiger partial charge in [0.25, 0.3) is 0 Å². The Morgan fingerprint density at radius 2 is 1.55 bits per heavy atom. The normalized spacial score (nSPS) is 12.2. The molecule has 0 aliphatic carbocycles. The van der Waals surface area contributed by atoms with Crippen molar-refractivity contribution in [2.24, 2.45) is 5.92 Å². The Balaban J connectivity index is 0. The Morgan fingerprint density at radius 1 is 0.955 bits per heavy atom. The van der Waals surface area contributed by atoms with Crippen molar-refractivity contribution in [3.63, 3.8) is 0 Å². The molecule has 22 heavy (non-hydrogen) atoms. The van der Waals surface area contributed by atoms with Crippen molar-refractivity contribution in [1.82, 2.24) is 0 Å². The molecule has 3 nitrogen and oxygen atoms in total. The van der Waals surface area contributed by atoms with E-state index < -0.39 is 5.60 Å². The number of carbonyl (C=O) groups excluding carboxylic acids is 2. The second kappa shape index (κ2) is 16.7. The minimum absolute atomic E-state index is 0.463. The van der Waals surface area contributed by atoms with Gasteiger partial charge in [0.05, 0.1) is 5.60 Å². The first kappa shape index (κ1) is 23.6. The average molecular weight is 315 g/mol. The maximum atomic E-state index is 10.1. The van der Waals surface area contributed by atoms with E-state index in [4.69, 9.17) is 0 Å². The molecule has 0 unspecified atom stereocenters. The van der Waals surface area contributed by atoms with Gasteiger partial charge in [0.1, 0.15) is 12.6 Å². The van der Waals surface area contributed by atoms with Crippen molar-refractivity contribution < 1.29 is 14.7 Å². The Bertz CT molecular complexity index is 244. The summed E-state index contributed by atoms with van der Waals surface area (Å²) < 4.78 is 0. The second-order valence-corrected chi connectivity index (χ2v) is 6.94. The summed E-state index contributed by atoms with van der Waals surface area (Å²) in [7, 11) is 0. The van der Waals surface area contributed by atoms with E-state index >= 15 is 0 Å². The summed E-state index contributed by atoms with van der Waals surface area (Å²) in [6.45, 7) is 7.92. The molecule has 0 rings (SSSR count). The predicted molar refractivity (Wildman–Crippen MR) is 94.1 cm³/mol. The first-order valence-corrected chi connectivity index (χ1v) is 8.97. The minimum atomic E-state index is -0.555. The molecule has 3 heteroatoms. The predicted octanol–water partition coefficient (Wildman–Crippen LogP) is 5.09. The molecule has 0 radical (unpaired) electrons. The maximum Gasteiger partial charge on any atom is 0.120 e. The average Bonchev–Trinajstić information content (AvgIpc) is 2.42. The number of aliphatic hydroxyl groups is 1. The summed E-state index contributed by atoms with van der Waals surface area (Å²) >= 11 is 0. The standard InChI is InChI=1S/C10H20O2.C9H18O/c1-9(6-8-11)5-4-7-10(2,3)12;1-2-3-4-5-6-7-8-9-10/h8-9,12H,4-7H2,1-3H3;9H,2-8H2,1H3/t9-;/m1./s1. The zero-order valence-electron chi connectivity index (χ0n) is 15.3. The van der Waals surface area contributed by atoms with Crippen LogP contribution in [0.1, 0.15) is 98.3 Å². The highest BCUT2D eigenvalue weighted by Crippen LogP contribution is 2.16. The van der Waals surface area contributed by atoms with Gasteiger partial charge in [-0.15, -0.1) is 0 Å². The fourth-order valence-electron chi connectivity index (χ4n) is 2.17. The van der Waals surface area contributed by atoms with Gasteiger partial charge in [0.15, 0.2) is 0 Å². The van der Waals surface area contributed by atoms with E-state index in [1.807, 2.05) is 13.8 Å². The van der Waals surface area contributed by atoms with E-state index in [-0.39, 0.29) is 0 Å². The lowest BCUT2D eigenvalue weighted by Crippen LogP contribution is -2.18. The quantitative estimate of drug-likeness (QED) is 0.380. The van der Waals surface area contributed by atoms with Gasteiger partial charge >= 0.3 is 0 Å². The summed E-state index contributed by atoms with van der Waals surface area (Å²) in [6, 6.07) is 0. The molecule has 0 aromatic carbocycles.